The Labute approximate surface area is 172 Å². The first-order valence-electron chi connectivity index (χ1n) is 10.1. The molecule has 1 saturated heterocycles. The minimum Gasteiger partial charge on any atom is -0.381 e. The van der Waals surface area contributed by atoms with Crippen molar-refractivity contribution in [1.29, 1.82) is 0 Å². The number of anilines is 2. The maximum absolute atomic E-state index is 12.2. The second-order valence-electron chi connectivity index (χ2n) is 7.83. The van der Waals surface area contributed by atoms with E-state index in [1.807, 2.05) is 63.2 Å². The first kappa shape index (κ1) is 20.9. The third kappa shape index (κ3) is 6.06. The van der Waals surface area contributed by atoms with Crippen molar-refractivity contribution in [2.75, 3.05) is 36.8 Å². The van der Waals surface area contributed by atoms with Crippen LogP contribution in [-0.4, -0.2) is 48.9 Å². The zero-order valence-electron chi connectivity index (χ0n) is 17.4. The van der Waals surface area contributed by atoms with Crippen molar-refractivity contribution in [3.63, 3.8) is 0 Å². The number of aryl methyl sites for hydroxylation is 3. The van der Waals surface area contributed by atoms with Crippen LogP contribution in [0.25, 0.3) is 0 Å². The van der Waals surface area contributed by atoms with Crippen LogP contribution < -0.4 is 16.0 Å². The van der Waals surface area contributed by atoms with Crippen LogP contribution in [0.2, 0.25) is 0 Å². The molecule has 1 atom stereocenters. The van der Waals surface area contributed by atoms with E-state index in [0.29, 0.717) is 12.6 Å². The fraction of sp³-hybridized carbons (Fsp3) is 0.391. The summed E-state index contributed by atoms with van der Waals surface area (Å²) in [6, 6.07) is 14.5. The molecule has 154 valence electrons. The molecular formula is C23H30N4O2. The molecule has 2 aromatic carbocycles. The molecule has 0 spiro atoms. The Morgan fingerprint density at radius 2 is 1.72 bits per heavy atom. The Hall–Kier alpha value is -2.86. The Kier molecular flexibility index (Phi) is 6.88. The average Bonchev–Trinajstić information content (AvgIpc) is 3.10. The summed E-state index contributed by atoms with van der Waals surface area (Å²) < 4.78 is 0. The van der Waals surface area contributed by atoms with Gasteiger partial charge in [-0.3, -0.25) is 14.5 Å². The smallest absolute Gasteiger partial charge is 0.243 e. The van der Waals surface area contributed by atoms with Crippen LogP contribution in [0, 0.1) is 20.8 Å². The van der Waals surface area contributed by atoms with Crippen molar-refractivity contribution in [2.45, 2.75) is 33.2 Å². The van der Waals surface area contributed by atoms with Crippen molar-refractivity contribution >= 4 is 23.2 Å². The van der Waals surface area contributed by atoms with Gasteiger partial charge in [0.1, 0.15) is 0 Å². The van der Waals surface area contributed by atoms with Crippen LogP contribution in [-0.2, 0) is 9.59 Å². The van der Waals surface area contributed by atoms with Crippen LogP contribution in [0.1, 0.15) is 23.1 Å². The summed E-state index contributed by atoms with van der Waals surface area (Å²) in [6.07, 6.45) is 0.995. The molecule has 6 heteroatoms. The standard InChI is InChI=1S/C23H30N4O2/c1-16-11-17(2)23(18(3)12-16)26-21(28)13-24-22(29)15-27-10-9-20(14-27)25-19-7-5-4-6-8-19/h4-8,11-12,20,25H,9-10,13-15H2,1-3H3,(H,24,29)(H,26,28). The van der Waals surface area contributed by atoms with E-state index in [9.17, 15) is 9.59 Å². The molecule has 1 heterocycles. The number of nitrogens with zero attached hydrogens (tertiary/aromatic N) is 1. The van der Waals surface area contributed by atoms with Gasteiger partial charge in [0.2, 0.25) is 11.8 Å². The molecule has 3 rings (SSSR count). The maximum Gasteiger partial charge on any atom is 0.243 e. The van der Waals surface area contributed by atoms with E-state index in [-0.39, 0.29) is 18.4 Å². The number of rotatable bonds is 7. The third-order valence-electron chi connectivity index (χ3n) is 5.17. The van der Waals surface area contributed by atoms with Crippen molar-refractivity contribution < 1.29 is 9.59 Å². The second kappa shape index (κ2) is 9.56. The van der Waals surface area contributed by atoms with Gasteiger partial charge in [-0.05, 0) is 50.5 Å². The number of hydrogen-bond acceptors (Lipinski definition) is 4. The van der Waals surface area contributed by atoms with Gasteiger partial charge in [0.05, 0.1) is 13.1 Å². The van der Waals surface area contributed by atoms with Crippen LogP contribution in [0.5, 0.6) is 0 Å². The molecule has 3 N–H and O–H groups in total. The highest BCUT2D eigenvalue weighted by Crippen LogP contribution is 2.21. The van der Waals surface area contributed by atoms with Crippen molar-refractivity contribution in [3.8, 4) is 0 Å². The highest BCUT2D eigenvalue weighted by Gasteiger charge is 2.24. The van der Waals surface area contributed by atoms with Gasteiger partial charge in [-0.25, -0.2) is 0 Å². The molecule has 0 aliphatic carbocycles. The van der Waals surface area contributed by atoms with E-state index >= 15 is 0 Å². The van der Waals surface area contributed by atoms with Gasteiger partial charge < -0.3 is 16.0 Å². The molecule has 1 unspecified atom stereocenters. The van der Waals surface area contributed by atoms with Crippen LogP contribution in [0.3, 0.4) is 0 Å². The maximum atomic E-state index is 12.2. The Morgan fingerprint density at radius 1 is 1.03 bits per heavy atom. The zero-order valence-corrected chi connectivity index (χ0v) is 17.4. The zero-order chi connectivity index (χ0) is 20.8. The quantitative estimate of drug-likeness (QED) is 0.675. The average molecular weight is 395 g/mol. The molecule has 2 amide bonds. The van der Waals surface area contributed by atoms with E-state index in [1.165, 1.54) is 0 Å². The van der Waals surface area contributed by atoms with Crippen LogP contribution in [0.4, 0.5) is 11.4 Å². The molecule has 6 nitrogen and oxygen atoms in total. The van der Waals surface area contributed by atoms with Crippen molar-refractivity contribution in [2.24, 2.45) is 0 Å². The highest BCUT2D eigenvalue weighted by atomic mass is 16.2. The van der Waals surface area contributed by atoms with Crippen LogP contribution in [0.15, 0.2) is 42.5 Å². The fourth-order valence-corrected chi connectivity index (χ4v) is 3.86. The fourth-order valence-electron chi connectivity index (χ4n) is 3.86. The Balaban J connectivity index is 1.40. The minimum atomic E-state index is -0.210. The van der Waals surface area contributed by atoms with E-state index in [2.05, 4.69) is 20.9 Å². The summed E-state index contributed by atoms with van der Waals surface area (Å²) in [5.74, 6) is -0.337. The molecule has 1 fully saturated rings. The number of hydrogen-bond donors (Lipinski definition) is 3. The van der Waals surface area contributed by atoms with Gasteiger partial charge in [-0.1, -0.05) is 35.9 Å². The van der Waals surface area contributed by atoms with Gasteiger partial charge in [0.15, 0.2) is 0 Å². The van der Waals surface area contributed by atoms with E-state index in [0.717, 1.165) is 47.6 Å². The van der Waals surface area contributed by atoms with Crippen molar-refractivity contribution in [1.82, 2.24) is 10.2 Å². The summed E-state index contributed by atoms with van der Waals surface area (Å²) in [5, 5.41) is 9.14. The van der Waals surface area contributed by atoms with E-state index in [4.69, 9.17) is 0 Å². The largest absolute Gasteiger partial charge is 0.381 e. The second-order valence-corrected chi connectivity index (χ2v) is 7.83. The normalized spacial score (nSPS) is 16.4. The Morgan fingerprint density at radius 3 is 2.41 bits per heavy atom. The number of para-hydroxylation sites is 1. The number of nitrogens with one attached hydrogen (secondary N) is 3. The SMILES string of the molecule is Cc1cc(C)c(NC(=O)CNC(=O)CN2CCC(Nc3ccccc3)C2)c(C)c1. The predicted octanol–water partition coefficient (Wildman–Crippen LogP) is 2.85. The lowest BCUT2D eigenvalue weighted by atomic mass is 10.1. The predicted molar refractivity (Wildman–Crippen MR) is 117 cm³/mol. The van der Waals surface area contributed by atoms with Gasteiger partial charge >= 0.3 is 0 Å². The van der Waals surface area contributed by atoms with Crippen LogP contribution >= 0.6 is 0 Å². The summed E-state index contributed by atoms with van der Waals surface area (Å²) in [4.78, 5) is 26.6. The summed E-state index contributed by atoms with van der Waals surface area (Å²) in [6.45, 7) is 7.95. The third-order valence-corrected chi connectivity index (χ3v) is 5.17. The summed E-state index contributed by atoms with van der Waals surface area (Å²) >= 11 is 0. The lowest BCUT2D eigenvalue weighted by molar-refractivity contribution is -0.124. The minimum absolute atomic E-state index is 0.0227. The molecule has 0 aromatic heterocycles. The number of amides is 2. The topological polar surface area (TPSA) is 73.5 Å². The van der Waals surface area contributed by atoms with Gasteiger partial charge in [-0.15, -0.1) is 0 Å². The number of carbonyl (C=O) groups excluding carboxylic acids is 2. The summed E-state index contributed by atoms with van der Waals surface area (Å²) in [7, 11) is 0. The lowest BCUT2D eigenvalue weighted by Gasteiger charge is -2.17. The monoisotopic (exact) mass is 394 g/mol. The molecule has 0 radical (unpaired) electrons. The summed E-state index contributed by atoms with van der Waals surface area (Å²) in [5.41, 5.74) is 5.13. The lowest BCUT2D eigenvalue weighted by Crippen LogP contribution is -2.40. The molecule has 1 aliphatic rings. The molecule has 1 aliphatic heterocycles. The van der Waals surface area contributed by atoms with Gasteiger partial charge in [0.25, 0.3) is 0 Å². The van der Waals surface area contributed by atoms with Gasteiger partial charge in [-0.2, -0.15) is 0 Å². The molecule has 0 bridgehead atoms. The van der Waals surface area contributed by atoms with E-state index < -0.39 is 0 Å². The van der Waals surface area contributed by atoms with Crippen molar-refractivity contribution in [3.05, 3.63) is 59.2 Å². The number of carbonyl (C=O) groups is 2. The first-order valence-corrected chi connectivity index (χ1v) is 10.1. The first-order chi connectivity index (χ1) is 13.9. The number of benzene rings is 2. The molecule has 2 aromatic rings. The van der Waals surface area contributed by atoms with E-state index in [1.54, 1.807) is 0 Å². The number of likely N-dealkylation sites (tertiary alicyclic amines) is 1. The molecular weight excluding hydrogens is 364 g/mol. The van der Waals surface area contributed by atoms with Gasteiger partial charge in [0, 0.05) is 30.5 Å². The Bertz CT molecular complexity index is 843. The molecule has 0 saturated carbocycles. The molecule has 29 heavy (non-hydrogen) atoms. The highest BCUT2D eigenvalue weighted by molar-refractivity contribution is 5.96.